The highest BCUT2D eigenvalue weighted by atomic mass is 19.4. The van der Waals surface area contributed by atoms with E-state index in [9.17, 15) is 18.0 Å². The predicted octanol–water partition coefficient (Wildman–Crippen LogP) is 3.39. The van der Waals surface area contributed by atoms with Crippen molar-refractivity contribution in [3.05, 3.63) is 76.2 Å². The van der Waals surface area contributed by atoms with Crippen molar-refractivity contribution in [2.24, 2.45) is 0 Å². The number of halogens is 3. The van der Waals surface area contributed by atoms with E-state index in [0.717, 1.165) is 5.56 Å². The Hall–Kier alpha value is -2.87. The number of ether oxygens (including phenoxy) is 1. The monoisotopic (exact) mass is 363 g/mol. The van der Waals surface area contributed by atoms with Gasteiger partial charge in [-0.3, -0.25) is 9.20 Å². The lowest BCUT2D eigenvalue weighted by Crippen LogP contribution is -2.16. The summed E-state index contributed by atoms with van der Waals surface area (Å²) in [4.78, 5) is 16.4. The van der Waals surface area contributed by atoms with Crippen molar-refractivity contribution in [3.63, 3.8) is 0 Å². The molecular weight excluding hydrogens is 347 g/mol. The number of pyridine rings is 1. The van der Waals surface area contributed by atoms with E-state index in [-0.39, 0.29) is 12.2 Å². The van der Waals surface area contributed by atoms with Crippen molar-refractivity contribution in [1.82, 2.24) is 9.38 Å². The molecule has 2 heterocycles. The number of hydrogen-bond donors (Lipinski definition) is 1. The number of nitrogens with zero attached hydrogens (tertiary/aromatic N) is 2. The zero-order valence-electron chi connectivity index (χ0n) is 13.7. The van der Waals surface area contributed by atoms with Crippen molar-refractivity contribution in [2.45, 2.75) is 19.3 Å². The topological polar surface area (TPSA) is 55.6 Å². The van der Waals surface area contributed by atoms with Gasteiger partial charge in [0, 0.05) is 18.8 Å². The Bertz CT molecular complexity index is 937. The van der Waals surface area contributed by atoms with E-state index in [1.165, 1.54) is 10.5 Å². The van der Waals surface area contributed by atoms with Gasteiger partial charge in [-0.2, -0.15) is 13.2 Å². The second-order valence-corrected chi connectivity index (χ2v) is 5.69. The Balaban J connectivity index is 1.59. The molecule has 0 fully saturated rings. The summed E-state index contributed by atoms with van der Waals surface area (Å²) in [6.07, 6.45) is -2.68. The maximum Gasteiger partial charge on any atom is 0.411 e. The molecule has 0 saturated heterocycles. The first kappa shape index (κ1) is 17.9. The predicted molar refractivity (Wildman–Crippen MR) is 90.9 cm³/mol. The SMILES string of the molecule is O=c1cc(NCc2ccc(COCC(F)(F)F)cc2)nc2ccccn12. The van der Waals surface area contributed by atoms with Gasteiger partial charge in [-0.15, -0.1) is 0 Å². The molecule has 0 saturated carbocycles. The fraction of sp³-hybridized carbons (Fsp3) is 0.222. The maximum atomic E-state index is 12.0. The molecular formula is C18H16F3N3O2. The minimum absolute atomic E-state index is 0.101. The van der Waals surface area contributed by atoms with Gasteiger partial charge in [0.15, 0.2) is 0 Å². The standard InChI is InChI=1S/C18H16F3N3O2/c19-18(20,21)12-26-11-14-6-4-13(5-7-14)10-22-15-9-17(25)24-8-2-1-3-16(24)23-15/h1-9,22H,10-12H2. The summed E-state index contributed by atoms with van der Waals surface area (Å²) in [5, 5.41) is 3.07. The Kier molecular flexibility index (Phi) is 5.22. The van der Waals surface area contributed by atoms with Crippen LogP contribution in [0.2, 0.25) is 0 Å². The molecule has 0 aliphatic carbocycles. The molecule has 0 radical (unpaired) electrons. The lowest BCUT2D eigenvalue weighted by atomic mass is 10.1. The number of fused-ring (bicyclic) bond motifs is 1. The number of anilines is 1. The Labute approximate surface area is 147 Å². The quantitative estimate of drug-likeness (QED) is 0.729. The summed E-state index contributed by atoms with van der Waals surface area (Å²) in [6, 6.07) is 13.7. The lowest BCUT2D eigenvalue weighted by molar-refractivity contribution is -0.176. The first-order chi connectivity index (χ1) is 12.4. The number of aromatic nitrogens is 2. The van der Waals surface area contributed by atoms with Crippen molar-refractivity contribution in [1.29, 1.82) is 0 Å². The fourth-order valence-electron chi connectivity index (χ4n) is 2.37. The first-order valence-corrected chi connectivity index (χ1v) is 7.85. The van der Waals surface area contributed by atoms with Crippen LogP contribution in [0.5, 0.6) is 0 Å². The third-order valence-corrected chi connectivity index (χ3v) is 3.60. The van der Waals surface area contributed by atoms with Crippen LogP contribution < -0.4 is 10.9 Å². The van der Waals surface area contributed by atoms with Crippen LogP contribution in [-0.4, -0.2) is 22.2 Å². The van der Waals surface area contributed by atoms with Crippen LogP contribution in [0, 0.1) is 0 Å². The molecule has 0 aliphatic heterocycles. The van der Waals surface area contributed by atoms with Crippen molar-refractivity contribution in [2.75, 3.05) is 11.9 Å². The molecule has 136 valence electrons. The summed E-state index contributed by atoms with van der Waals surface area (Å²) < 4.78 is 42.2. The fourth-order valence-corrected chi connectivity index (χ4v) is 2.37. The highest BCUT2D eigenvalue weighted by Crippen LogP contribution is 2.16. The van der Waals surface area contributed by atoms with Gasteiger partial charge in [0.1, 0.15) is 18.1 Å². The van der Waals surface area contributed by atoms with Crippen LogP contribution >= 0.6 is 0 Å². The van der Waals surface area contributed by atoms with Crippen LogP contribution in [0.3, 0.4) is 0 Å². The van der Waals surface area contributed by atoms with E-state index in [0.29, 0.717) is 23.6 Å². The molecule has 0 aliphatic rings. The van der Waals surface area contributed by atoms with E-state index >= 15 is 0 Å². The van der Waals surface area contributed by atoms with E-state index in [4.69, 9.17) is 0 Å². The molecule has 0 atom stereocenters. The summed E-state index contributed by atoms with van der Waals surface area (Å²) in [6.45, 7) is -0.936. The van der Waals surface area contributed by atoms with Crippen molar-refractivity contribution >= 4 is 11.5 Å². The van der Waals surface area contributed by atoms with Gasteiger partial charge in [0.2, 0.25) is 0 Å². The molecule has 1 N–H and O–H groups in total. The summed E-state index contributed by atoms with van der Waals surface area (Å²) in [7, 11) is 0. The third-order valence-electron chi connectivity index (χ3n) is 3.60. The second-order valence-electron chi connectivity index (χ2n) is 5.69. The van der Waals surface area contributed by atoms with Crippen molar-refractivity contribution < 1.29 is 17.9 Å². The highest BCUT2D eigenvalue weighted by molar-refractivity contribution is 5.46. The highest BCUT2D eigenvalue weighted by Gasteiger charge is 2.27. The number of rotatable bonds is 6. The average Bonchev–Trinajstić information content (AvgIpc) is 2.60. The number of benzene rings is 1. The minimum Gasteiger partial charge on any atom is -0.367 e. The molecule has 0 amide bonds. The van der Waals surface area contributed by atoms with E-state index < -0.39 is 12.8 Å². The molecule has 1 aromatic carbocycles. The van der Waals surface area contributed by atoms with Crippen LogP contribution in [0.25, 0.3) is 5.65 Å². The van der Waals surface area contributed by atoms with E-state index in [2.05, 4.69) is 15.0 Å². The largest absolute Gasteiger partial charge is 0.411 e. The van der Waals surface area contributed by atoms with Crippen LogP contribution in [-0.2, 0) is 17.9 Å². The van der Waals surface area contributed by atoms with Gasteiger partial charge in [0.05, 0.1) is 6.61 Å². The Morgan fingerprint density at radius 3 is 2.54 bits per heavy atom. The summed E-state index contributed by atoms with van der Waals surface area (Å²) in [5.41, 5.74) is 1.91. The van der Waals surface area contributed by atoms with E-state index in [1.807, 2.05) is 0 Å². The van der Waals surface area contributed by atoms with Gasteiger partial charge in [-0.05, 0) is 23.3 Å². The lowest BCUT2D eigenvalue weighted by Gasteiger charge is -2.09. The summed E-state index contributed by atoms with van der Waals surface area (Å²) >= 11 is 0. The molecule has 3 rings (SSSR count). The van der Waals surface area contributed by atoms with Gasteiger partial charge >= 0.3 is 6.18 Å². The molecule has 0 bridgehead atoms. The Morgan fingerprint density at radius 1 is 1.08 bits per heavy atom. The number of alkyl halides is 3. The molecule has 0 spiro atoms. The minimum atomic E-state index is -4.32. The molecule has 8 heteroatoms. The number of hydrogen-bond acceptors (Lipinski definition) is 4. The van der Waals surface area contributed by atoms with Gasteiger partial charge in [-0.25, -0.2) is 4.98 Å². The van der Waals surface area contributed by atoms with Gasteiger partial charge in [0.25, 0.3) is 5.56 Å². The van der Waals surface area contributed by atoms with Crippen LogP contribution in [0.15, 0.2) is 59.5 Å². The smallest absolute Gasteiger partial charge is 0.367 e. The molecule has 2 aromatic heterocycles. The zero-order chi connectivity index (χ0) is 18.6. The second kappa shape index (κ2) is 7.57. The molecule has 3 aromatic rings. The zero-order valence-corrected chi connectivity index (χ0v) is 13.7. The first-order valence-electron chi connectivity index (χ1n) is 7.85. The van der Waals surface area contributed by atoms with Gasteiger partial charge in [-0.1, -0.05) is 30.3 Å². The van der Waals surface area contributed by atoms with E-state index in [1.54, 1.807) is 48.7 Å². The number of nitrogens with one attached hydrogen (secondary N) is 1. The molecule has 5 nitrogen and oxygen atoms in total. The molecule has 26 heavy (non-hydrogen) atoms. The molecule has 0 unspecified atom stereocenters. The van der Waals surface area contributed by atoms with Crippen LogP contribution in [0.1, 0.15) is 11.1 Å². The van der Waals surface area contributed by atoms with Gasteiger partial charge < -0.3 is 10.1 Å². The third kappa shape index (κ3) is 4.82. The summed E-state index contributed by atoms with van der Waals surface area (Å²) in [5.74, 6) is 0.457. The normalized spacial score (nSPS) is 11.7. The van der Waals surface area contributed by atoms with Crippen LogP contribution in [0.4, 0.5) is 19.0 Å². The average molecular weight is 363 g/mol. The van der Waals surface area contributed by atoms with Crippen molar-refractivity contribution in [3.8, 4) is 0 Å². The Morgan fingerprint density at radius 2 is 1.81 bits per heavy atom. The maximum absolute atomic E-state index is 12.0.